The molecule has 0 aliphatic carbocycles. The third-order valence-electron chi connectivity index (χ3n) is 4.07. The Kier molecular flexibility index (Phi) is 3.28. The lowest BCUT2D eigenvalue weighted by molar-refractivity contribution is 0.102. The van der Waals surface area contributed by atoms with Crippen LogP contribution in [0.3, 0.4) is 0 Å². The van der Waals surface area contributed by atoms with Crippen LogP contribution in [0, 0.1) is 0 Å². The summed E-state index contributed by atoms with van der Waals surface area (Å²) >= 11 is 0. The third kappa shape index (κ3) is 2.44. The van der Waals surface area contributed by atoms with Crippen LogP contribution in [0.2, 0.25) is 0 Å². The minimum absolute atomic E-state index is 0.0850. The summed E-state index contributed by atoms with van der Waals surface area (Å²) in [6, 6.07) is 27.7. The molecule has 0 spiro atoms. The Bertz CT molecular complexity index is 1010. The highest BCUT2D eigenvalue weighted by molar-refractivity contribution is 6.15. The van der Waals surface area contributed by atoms with Gasteiger partial charge in [0.2, 0.25) is 0 Å². The minimum Gasteiger partial charge on any atom is -0.321 e. The van der Waals surface area contributed by atoms with E-state index in [0.717, 1.165) is 27.2 Å². The van der Waals surface area contributed by atoms with Crippen LogP contribution in [-0.2, 0) is 0 Å². The van der Waals surface area contributed by atoms with Gasteiger partial charge in [-0.2, -0.15) is 0 Å². The summed E-state index contributed by atoms with van der Waals surface area (Å²) in [5.74, 6) is -0.0850. The average Bonchev–Trinajstić information content (AvgIpc) is 2.61. The fraction of sp³-hybridized carbons (Fsp3) is 0. The first-order chi connectivity index (χ1) is 11.3. The van der Waals surface area contributed by atoms with Gasteiger partial charge in [0.15, 0.2) is 0 Å². The Morgan fingerprint density at radius 1 is 0.609 bits per heavy atom. The van der Waals surface area contributed by atoms with Crippen molar-refractivity contribution in [1.29, 1.82) is 0 Å². The van der Waals surface area contributed by atoms with Gasteiger partial charge in [0, 0.05) is 16.6 Å². The highest BCUT2D eigenvalue weighted by atomic mass is 16.1. The van der Waals surface area contributed by atoms with E-state index in [4.69, 9.17) is 0 Å². The molecular formula is C21H15NO. The molecule has 0 atom stereocenters. The van der Waals surface area contributed by atoms with Crippen molar-refractivity contribution in [2.75, 3.05) is 5.32 Å². The minimum atomic E-state index is -0.0850. The quantitative estimate of drug-likeness (QED) is 0.538. The van der Waals surface area contributed by atoms with E-state index in [-0.39, 0.29) is 5.91 Å². The summed E-state index contributed by atoms with van der Waals surface area (Å²) in [6.45, 7) is 0. The first-order valence-corrected chi connectivity index (χ1v) is 7.60. The molecule has 0 heterocycles. The van der Waals surface area contributed by atoms with Crippen molar-refractivity contribution in [2.24, 2.45) is 0 Å². The number of benzene rings is 4. The number of fused-ring (bicyclic) bond motifs is 2. The standard InChI is InChI=1S/C21H15NO/c23-21(19-13-5-9-15-7-1-3-11-17(15)19)22-20-14-6-10-16-8-2-4-12-18(16)20/h1-14H,(H,22,23). The number of carbonyl (C=O) groups is 1. The number of nitrogens with one attached hydrogen (secondary N) is 1. The molecule has 0 aliphatic heterocycles. The molecule has 0 radical (unpaired) electrons. The lowest BCUT2D eigenvalue weighted by atomic mass is 10.0. The van der Waals surface area contributed by atoms with Gasteiger partial charge in [-0.15, -0.1) is 0 Å². The molecule has 4 aromatic carbocycles. The van der Waals surface area contributed by atoms with Gasteiger partial charge in [-0.05, 0) is 28.3 Å². The van der Waals surface area contributed by atoms with Gasteiger partial charge in [-0.1, -0.05) is 72.8 Å². The molecule has 0 saturated heterocycles. The predicted molar refractivity (Wildman–Crippen MR) is 95.8 cm³/mol. The van der Waals surface area contributed by atoms with Gasteiger partial charge in [-0.3, -0.25) is 4.79 Å². The van der Waals surface area contributed by atoms with Crippen LogP contribution in [0.5, 0.6) is 0 Å². The van der Waals surface area contributed by atoms with E-state index >= 15 is 0 Å². The summed E-state index contributed by atoms with van der Waals surface area (Å²) in [5.41, 5.74) is 1.53. The monoisotopic (exact) mass is 297 g/mol. The van der Waals surface area contributed by atoms with Gasteiger partial charge in [0.05, 0.1) is 0 Å². The zero-order chi connectivity index (χ0) is 15.6. The third-order valence-corrected chi connectivity index (χ3v) is 4.07. The van der Waals surface area contributed by atoms with Crippen molar-refractivity contribution >= 4 is 33.1 Å². The number of amides is 1. The van der Waals surface area contributed by atoms with Crippen LogP contribution in [0.4, 0.5) is 5.69 Å². The summed E-state index contributed by atoms with van der Waals surface area (Å²) in [4.78, 5) is 12.8. The fourth-order valence-electron chi connectivity index (χ4n) is 2.95. The molecule has 0 fully saturated rings. The Balaban J connectivity index is 1.77. The molecule has 0 unspecified atom stereocenters. The van der Waals surface area contributed by atoms with Crippen LogP contribution in [0.25, 0.3) is 21.5 Å². The molecule has 1 amide bonds. The van der Waals surface area contributed by atoms with Crippen LogP contribution in [-0.4, -0.2) is 5.91 Å². The number of rotatable bonds is 2. The van der Waals surface area contributed by atoms with Gasteiger partial charge < -0.3 is 5.32 Å². The van der Waals surface area contributed by atoms with Crippen molar-refractivity contribution in [3.63, 3.8) is 0 Å². The van der Waals surface area contributed by atoms with Crippen LogP contribution in [0.1, 0.15) is 10.4 Å². The molecule has 110 valence electrons. The van der Waals surface area contributed by atoms with Crippen molar-refractivity contribution in [1.82, 2.24) is 0 Å². The number of hydrogen-bond acceptors (Lipinski definition) is 1. The zero-order valence-electron chi connectivity index (χ0n) is 12.5. The summed E-state index contributed by atoms with van der Waals surface area (Å²) in [5, 5.41) is 7.25. The highest BCUT2D eigenvalue weighted by Gasteiger charge is 2.11. The maximum atomic E-state index is 12.8. The smallest absolute Gasteiger partial charge is 0.256 e. The summed E-state index contributed by atoms with van der Waals surface area (Å²) in [6.07, 6.45) is 0. The molecule has 2 heteroatoms. The lowest BCUT2D eigenvalue weighted by Gasteiger charge is -2.10. The van der Waals surface area contributed by atoms with Gasteiger partial charge in [0.1, 0.15) is 0 Å². The van der Waals surface area contributed by atoms with E-state index in [0.29, 0.717) is 5.56 Å². The van der Waals surface area contributed by atoms with Crippen molar-refractivity contribution in [3.8, 4) is 0 Å². The van der Waals surface area contributed by atoms with E-state index in [1.54, 1.807) is 0 Å². The van der Waals surface area contributed by atoms with E-state index in [9.17, 15) is 4.79 Å². The molecule has 1 N–H and O–H groups in total. The second-order valence-electron chi connectivity index (χ2n) is 5.51. The largest absolute Gasteiger partial charge is 0.321 e. The maximum Gasteiger partial charge on any atom is 0.256 e. The first-order valence-electron chi connectivity index (χ1n) is 7.60. The predicted octanol–water partition coefficient (Wildman–Crippen LogP) is 5.25. The zero-order valence-corrected chi connectivity index (χ0v) is 12.5. The van der Waals surface area contributed by atoms with Gasteiger partial charge in [-0.25, -0.2) is 0 Å². The molecular weight excluding hydrogens is 282 g/mol. The molecule has 0 bridgehead atoms. The van der Waals surface area contributed by atoms with E-state index in [1.807, 2.05) is 84.9 Å². The molecule has 0 aliphatic rings. The number of carbonyl (C=O) groups excluding carboxylic acids is 1. The highest BCUT2D eigenvalue weighted by Crippen LogP contribution is 2.25. The Labute approximate surface area is 134 Å². The molecule has 4 aromatic rings. The second-order valence-corrected chi connectivity index (χ2v) is 5.51. The van der Waals surface area contributed by atoms with Gasteiger partial charge in [0.25, 0.3) is 5.91 Å². The van der Waals surface area contributed by atoms with Gasteiger partial charge >= 0.3 is 0 Å². The molecule has 0 aromatic heterocycles. The van der Waals surface area contributed by atoms with Crippen LogP contribution >= 0.6 is 0 Å². The second kappa shape index (κ2) is 5.58. The molecule has 0 saturated carbocycles. The topological polar surface area (TPSA) is 29.1 Å². The van der Waals surface area contributed by atoms with Crippen molar-refractivity contribution in [3.05, 3.63) is 90.5 Å². The van der Waals surface area contributed by atoms with Crippen LogP contribution in [0.15, 0.2) is 84.9 Å². The molecule has 4 rings (SSSR count). The maximum absolute atomic E-state index is 12.8. The summed E-state index contributed by atoms with van der Waals surface area (Å²) in [7, 11) is 0. The van der Waals surface area contributed by atoms with Crippen LogP contribution < -0.4 is 5.32 Å². The molecule has 2 nitrogen and oxygen atoms in total. The molecule has 23 heavy (non-hydrogen) atoms. The average molecular weight is 297 g/mol. The lowest BCUT2D eigenvalue weighted by Crippen LogP contribution is -2.12. The van der Waals surface area contributed by atoms with E-state index in [1.165, 1.54) is 0 Å². The summed E-state index contributed by atoms with van der Waals surface area (Å²) < 4.78 is 0. The van der Waals surface area contributed by atoms with E-state index in [2.05, 4.69) is 5.32 Å². The normalized spacial score (nSPS) is 10.8. The van der Waals surface area contributed by atoms with Crippen molar-refractivity contribution in [2.45, 2.75) is 0 Å². The Morgan fingerprint density at radius 2 is 1.17 bits per heavy atom. The van der Waals surface area contributed by atoms with E-state index < -0.39 is 0 Å². The Morgan fingerprint density at radius 3 is 1.96 bits per heavy atom. The number of anilines is 1. The first kappa shape index (κ1) is 13.5. The number of hydrogen-bond donors (Lipinski definition) is 1. The van der Waals surface area contributed by atoms with Crippen molar-refractivity contribution < 1.29 is 4.79 Å². The SMILES string of the molecule is O=C(Nc1cccc2ccccc12)c1cccc2ccccc12. The fourth-order valence-corrected chi connectivity index (χ4v) is 2.95. The Hall–Kier alpha value is -3.13.